The van der Waals surface area contributed by atoms with Crippen LogP contribution in [0, 0.1) is 0 Å². The first-order chi connectivity index (χ1) is 45.7. The molecular formula is C75H142O17P2. The molecule has 5 atom stereocenters. The van der Waals surface area contributed by atoms with Crippen LogP contribution in [0.3, 0.4) is 0 Å². The SMILES string of the molecule is CCCCCC/C=C\CCCCCCCCCC(=O)OC[C@H](COP(=O)(O)OC[C@@H](O)COP(=O)(O)OC[C@@H](COC(=O)CCCCCCCCCCCCCCC)OC(=O)CCCCCCCCCCCCCCC)OC(=O)CCCCCCC/C=C\CCCCCC. The van der Waals surface area contributed by atoms with Crippen LogP contribution in [0.5, 0.6) is 0 Å². The van der Waals surface area contributed by atoms with Gasteiger partial charge in [-0.25, -0.2) is 9.13 Å². The number of ether oxygens (including phenoxy) is 4. The second kappa shape index (κ2) is 69.0. The summed E-state index contributed by atoms with van der Waals surface area (Å²) in [7, 11) is -9.92. The Morgan fingerprint density at radius 1 is 0.287 bits per heavy atom. The van der Waals surface area contributed by atoms with Gasteiger partial charge in [0.25, 0.3) is 0 Å². The second-order valence-electron chi connectivity index (χ2n) is 26.3. The molecule has 0 aromatic rings. The highest BCUT2D eigenvalue weighted by Gasteiger charge is 2.30. The van der Waals surface area contributed by atoms with Gasteiger partial charge in [-0.15, -0.1) is 0 Å². The molecule has 0 aliphatic rings. The van der Waals surface area contributed by atoms with Crippen LogP contribution in [0.4, 0.5) is 0 Å². The van der Waals surface area contributed by atoms with Crippen LogP contribution in [0.2, 0.25) is 0 Å². The fourth-order valence-corrected chi connectivity index (χ4v) is 12.6. The fourth-order valence-electron chi connectivity index (χ4n) is 11.0. The van der Waals surface area contributed by atoms with E-state index in [1.54, 1.807) is 0 Å². The van der Waals surface area contributed by atoms with Crippen molar-refractivity contribution in [3.8, 4) is 0 Å². The Morgan fingerprint density at radius 2 is 0.489 bits per heavy atom. The number of hydrogen-bond acceptors (Lipinski definition) is 15. The highest BCUT2D eigenvalue weighted by atomic mass is 31.2. The quantitative estimate of drug-likeness (QED) is 0.0169. The summed E-state index contributed by atoms with van der Waals surface area (Å²) >= 11 is 0. The van der Waals surface area contributed by atoms with Gasteiger partial charge in [-0.05, 0) is 77.0 Å². The Kier molecular flexibility index (Phi) is 67.2. The number of phosphoric ester groups is 2. The van der Waals surface area contributed by atoms with Crippen molar-refractivity contribution in [1.29, 1.82) is 0 Å². The molecule has 0 radical (unpaired) electrons. The first kappa shape index (κ1) is 91.5. The molecule has 2 unspecified atom stereocenters. The molecule has 554 valence electrons. The smallest absolute Gasteiger partial charge is 0.462 e. The lowest BCUT2D eigenvalue weighted by atomic mass is 10.0. The van der Waals surface area contributed by atoms with Gasteiger partial charge in [0, 0.05) is 25.7 Å². The third-order valence-electron chi connectivity index (χ3n) is 16.9. The summed E-state index contributed by atoms with van der Waals surface area (Å²) in [6.45, 7) is 4.92. The molecule has 0 saturated carbocycles. The van der Waals surface area contributed by atoms with Crippen LogP contribution < -0.4 is 0 Å². The molecule has 17 nitrogen and oxygen atoms in total. The van der Waals surface area contributed by atoms with E-state index in [1.165, 1.54) is 173 Å². The van der Waals surface area contributed by atoms with Crippen molar-refractivity contribution in [2.45, 2.75) is 393 Å². The maximum absolute atomic E-state index is 13.1. The van der Waals surface area contributed by atoms with Crippen molar-refractivity contribution >= 4 is 39.5 Å². The third-order valence-corrected chi connectivity index (χ3v) is 18.8. The Hall–Kier alpha value is -2.46. The van der Waals surface area contributed by atoms with E-state index in [-0.39, 0.29) is 25.7 Å². The fraction of sp³-hybridized carbons (Fsp3) is 0.893. The summed E-state index contributed by atoms with van der Waals surface area (Å²) in [6, 6.07) is 0. The second-order valence-corrected chi connectivity index (χ2v) is 29.2. The average molecular weight is 1380 g/mol. The van der Waals surface area contributed by atoms with E-state index >= 15 is 0 Å². The molecule has 0 fully saturated rings. The van der Waals surface area contributed by atoms with Gasteiger partial charge >= 0.3 is 39.5 Å². The van der Waals surface area contributed by atoms with E-state index in [0.717, 1.165) is 122 Å². The van der Waals surface area contributed by atoms with Crippen molar-refractivity contribution in [3.63, 3.8) is 0 Å². The zero-order valence-electron chi connectivity index (χ0n) is 60.4. The molecule has 0 aliphatic carbocycles. The zero-order chi connectivity index (χ0) is 69.0. The number of phosphoric acid groups is 2. The summed E-state index contributed by atoms with van der Waals surface area (Å²) in [5.74, 6) is -2.14. The number of allylic oxidation sites excluding steroid dienone is 4. The summed E-state index contributed by atoms with van der Waals surface area (Å²) in [5, 5.41) is 10.6. The Balaban J connectivity index is 5.28. The summed E-state index contributed by atoms with van der Waals surface area (Å²) in [5.41, 5.74) is 0. The molecule has 0 bridgehead atoms. The van der Waals surface area contributed by atoms with Crippen LogP contribution in [0.15, 0.2) is 24.3 Å². The zero-order valence-corrected chi connectivity index (χ0v) is 62.2. The molecule has 0 rings (SSSR count). The van der Waals surface area contributed by atoms with Crippen LogP contribution >= 0.6 is 15.6 Å². The highest BCUT2D eigenvalue weighted by Crippen LogP contribution is 2.45. The highest BCUT2D eigenvalue weighted by molar-refractivity contribution is 7.47. The number of aliphatic hydroxyl groups is 1. The molecule has 0 aromatic carbocycles. The average Bonchev–Trinajstić information content (AvgIpc) is 1.67. The number of rotatable bonds is 74. The Morgan fingerprint density at radius 3 is 0.745 bits per heavy atom. The number of unbranched alkanes of at least 4 members (excludes halogenated alkanes) is 44. The predicted molar refractivity (Wildman–Crippen MR) is 381 cm³/mol. The van der Waals surface area contributed by atoms with Gasteiger partial charge < -0.3 is 33.8 Å². The van der Waals surface area contributed by atoms with Gasteiger partial charge in [0.2, 0.25) is 0 Å². The lowest BCUT2D eigenvalue weighted by Crippen LogP contribution is -2.30. The number of esters is 4. The van der Waals surface area contributed by atoms with E-state index in [4.69, 9.17) is 37.0 Å². The van der Waals surface area contributed by atoms with Gasteiger partial charge in [-0.2, -0.15) is 0 Å². The molecule has 3 N–H and O–H groups in total. The molecular weight excluding hydrogens is 1230 g/mol. The minimum Gasteiger partial charge on any atom is -0.462 e. The number of hydrogen-bond donors (Lipinski definition) is 3. The van der Waals surface area contributed by atoms with Gasteiger partial charge in [-0.3, -0.25) is 37.3 Å². The minimum absolute atomic E-state index is 0.0915. The van der Waals surface area contributed by atoms with Crippen molar-refractivity contribution in [1.82, 2.24) is 0 Å². The maximum atomic E-state index is 13.1. The van der Waals surface area contributed by atoms with Crippen molar-refractivity contribution in [2.24, 2.45) is 0 Å². The van der Waals surface area contributed by atoms with Gasteiger partial charge in [0.05, 0.1) is 26.4 Å². The van der Waals surface area contributed by atoms with Crippen molar-refractivity contribution in [3.05, 3.63) is 24.3 Å². The normalized spacial score (nSPS) is 14.1. The van der Waals surface area contributed by atoms with Crippen LogP contribution in [-0.4, -0.2) is 96.7 Å². The van der Waals surface area contributed by atoms with E-state index in [0.29, 0.717) is 25.7 Å². The summed E-state index contributed by atoms with van der Waals surface area (Å²) < 4.78 is 68.5. The van der Waals surface area contributed by atoms with Crippen LogP contribution in [0.25, 0.3) is 0 Å². The monoisotopic (exact) mass is 1380 g/mol. The molecule has 0 saturated heterocycles. The van der Waals surface area contributed by atoms with E-state index < -0.39 is 97.5 Å². The lowest BCUT2D eigenvalue weighted by molar-refractivity contribution is -0.161. The van der Waals surface area contributed by atoms with Gasteiger partial charge in [0.1, 0.15) is 19.3 Å². The first-order valence-electron chi connectivity index (χ1n) is 38.6. The lowest BCUT2D eigenvalue weighted by Gasteiger charge is -2.21. The first-order valence-corrected chi connectivity index (χ1v) is 41.6. The van der Waals surface area contributed by atoms with Crippen molar-refractivity contribution < 1.29 is 80.2 Å². The topological polar surface area (TPSA) is 237 Å². The molecule has 0 aliphatic heterocycles. The summed E-state index contributed by atoms with van der Waals surface area (Å²) in [6.07, 6.45) is 61.6. The minimum atomic E-state index is -4.96. The van der Waals surface area contributed by atoms with E-state index in [1.807, 2.05) is 0 Å². The molecule has 0 spiro atoms. The maximum Gasteiger partial charge on any atom is 0.472 e. The predicted octanol–water partition coefficient (Wildman–Crippen LogP) is 21.8. The Bertz CT molecular complexity index is 1880. The van der Waals surface area contributed by atoms with E-state index in [2.05, 4.69) is 52.0 Å². The van der Waals surface area contributed by atoms with Gasteiger partial charge in [-0.1, -0.05) is 296 Å². The molecule has 0 amide bonds. The Labute approximate surface area is 573 Å². The van der Waals surface area contributed by atoms with Crippen LogP contribution in [-0.2, 0) is 65.4 Å². The molecule has 0 aromatic heterocycles. The largest absolute Gasteiger partial charge is 0.472 e. The third kappa shape index (κ3) is 68.1. The van der Waals surface area contributed by atoms with E-state index in [9.17, 15) is 43.2 Å². The van der Waals surface area contributed by atoms with Gasteiger partial charge in [0.15, 0.2) is 12.2 Å². The summed E-state index contributed by atoms with van der Waals surface area (Å²) in [4.78, 5) is 72.8. The molecule has 19 heteroatoms. The number of aliphatic hydroxyl groups excluding tert-OH is 1. The molecule has 94 heavy (non-hydrogen) atoms. The standard InChI is InChI=1S/C75H142O17P2/c1-5-9-13-17-21-25-29-33-34-38-40-44-48-52-56-60-73(78)86-66-71(92-75(80)62-58-54-50-46-42-37-32-28-24-20-16-12-8-4)68-90-94(83,84)88-64-69(76)63-87-93(81,82)89-67-70(91-74(79)61-57-53-49-45-41-36-31-27-23-19-15-11-7-3)65-85-72(77)59-55-51-47-43-39-35-30-26-22-18-14-10-6-2/h25,28-29,32,69-71,76H,5-24,26-27,30-31,33-68H2,1-4H3,(H,81,82)(H,83,84)/b29-25-,32-28-/t69-,70+,71+/m0/s1. The number of carbonyl (C=O) groups excluding carboxylic acids is 4. The van der Waals surface area contributed by atoms with Crippen LogP contribution in [0.1, 0.15) is 374 Å². The molecule has 0 heterocycles. The number of carbonyl (C=O) groups is 4. The van der Waals surface area contributed by atoms with Crippen molar-refractivity contribution in [2.75, 3.05) is 39.6 Å².